The zero-order valence-corrected chi connectivity index (χ0v) is 23.0. The van der Waals surface area contributed by atoms with Gasteiger partial charge >= 0.3 is 16.1 Å². The molecule has 0 spiro atoms. The van der Waals surface area contributed by atoms with Gasteiger partial charge in [0.25, 0.3) is 11.8 Å². The van der Waals surface area contributed by atoms with Crippen molar-refractivity contribution in [1.29, 1.82) is 0 Å². The fourth-order valence-electron chi connectivity index (χ4n) is 3.30. The van der Waals surface area contributed by atoms with Gasteiger partial charge in [-0.25, -0.2) is 9.69 Å². The highest BCUT2D eigenvalue weighted by molar-refractivity contribution is 9.11. The number of nitrogens with zero attached hydrogens (tertiary/aromatic N) is 1. The van der Waals surface area contributed by atoms with Gasteiger partial charge in [-0.3, -0.25) is 14.9 Å². The van der Waals surface area contributed by atoms with E-state index >= 15 is 0 Å². The van der Waals surface area contributed by atoms with Crippen molar-refractivity contribution in [1.82, 2.24) is 5.32 Å². The summed E-state index contributed by atoms with van der Waals surface area (Å²) >= 11 is 12.8. The molecular weight excluding hydrogens is 640 g/mol. The van der Waals surface area contributed by atoms with Gasteiger partial charge in [-0.15, -0.1) is 0 Å². The van der Waals surface area contributed by atoms with Gasteiger partial charge in [0, 0.05) is 10.0 Å². The molecule has 1 saturated heterocycles. The van der Waals surface area contributed by atoms with Gasteiger partial charge in [0.1, 0.15) is 10.5 Å². The van der Waals surface area contributed by atoms with Crippen molar-refractivity contribution in [3.63, 3.8) is 0 Å². The van der Waals surface area contributed by atoms with Crippen molar-refractivity contribution in [2.75, 3.05) is 4.90 Å². The minimum absolute atomic E-state index is 0.0777. The van der Waals surface area contributed by atoms with Gasteiger partial charge in [-0.05, 0) is 65.3 Å². The highest BCUT2D eigenvalue weighted by Gasteiger charge is 2.38. The standard InChI is InChI=1S/C24H15Br2ClN2O6S/c1-13-6-8-16(9-7-13)36(33,34)35-21-14(10-15(25)12-18(21)26)11-17-22(30)28-24(32)29(23(17)31)20-5-3-2-4-19(20)27/h2-12H,1H3,(H,28,30,32)/b17-11+. The van der Waals surface area contributed by atoms with E-state index in [9.17, 15) is 22.8 Å². The number of carbonyl (C=O) groups excluding carboxylic acids is 3. The lowest BCUT2D eigenvalue weighted by Gasteiger charge is -2.27. The van der Waals surface area contributed by atoms with Crippen molar-refractivity contribution >= 4 is 83.2 Å². The third kappa shape index (κ3) is 5.24. The van der Waals surface area contributed by atoms with Gasteiger partial charge in [0.2, 0.25) is 0 Å². The molecular formula is C24H15Br2ClN2O6S. The summed E-state index contributed by atoms with van der Waals surface area (Å²) in [5.41, 5.74) is 0.591. The Labute approximate surface area is 228 Å². The lowest BCUT2D eigenvalue weighted by Crippen LogP contribution is -2.54. The number of amides is 4. The van der Waals surface area contributed by atoms with E-state index in [-0.39, 0.29) is 31.4 Å². The van der Waals surface area contributed by atoms with Gasteiger partial charge in [-0.2, -0.15) is 8.42 Å². The van der Waals surface area contributed by atoms with Crippen LogP contribution in [0.2, 0.25) is 5.02 Å². The summed E-state index contributed by atoms with van der Waals surface area (Å²) in [4.78, 5) is 39.0. The van der Waals surface area contributed by atoms with Crippen molar-refractivity contribution in [2.45, 2.75) is 11.8 Å². The first kappa shape index (κ1) is 26.1. The Balaban J connectivity index is 1.80. The van der Waals surface area contributed by atoms with E-state index < -0.39 is 33.5 Å². The number of carbonyl (C=O) groups is 3. The molecule has 1 N–H and O–H groups in total. The molecule has 12 heteroatoms. The number of halogens is 3. The fraction of sp³-hybridized carbons (Fsp3) is 0.0417. The second-order valence-electron chi connectivity index (χ2n) is 7.57. The molecule has 3 aromatic rings. The van der Waals surface area contributed by atoms with Crippen LogP contribution in [-0.4, -0.2) is 26.3 Å². The summed E-state index contributed by atoms with van der Waals surface area (Å²) in [7, 11) is -4.27. The molecule has 36 heavy (non-hydrogen) atoms. The number of hydrogen-bond donors (Lipinski definition) is 1. The van der Waals surface area contributed by atoms with Crippen LogP contribution in [-0.2, 0) is 19.7 Å². The Bertz CT molecular complexity index is 1560. The molecule has 4 rings (SSSR count). The summed E-state index contributed by atoms with van der Waals surface area (Å²) in [6.45, 7) is 1.82. The first-order valence-electron chi connectivity index (χ1n) is 10.1. The average Bonchev–Trinajstić information content (AvgIpc) is 2.80. The van der Waals surface area contributed by atoms with Crippen molar-refractivity contribution in [3.8, 4) is 5.75 Å². The maximum atomic E-state index is 13.3. The van der Waals surface area contributed by atoms with Gasteiger partial charge in [0.05, 0.1) is 15.2 Å². The van der Waals surface area contributed by atoms with Crippen LogP contribution in [0.15, 0.2) is 80.1 Å². The number of anilines is 1. The minimum atomic E-state index is -4.27. The Hall–Kier alpha value is -2.99. The molecule has 0 aromatic heterocycles. The zero-order valence-electron chi connectivity index (χ0n) is 18.3. The third-order valence-corrected chi connectivity index (χ3v) is 7.64. The lowest BCUT2D eigenvalue weighted by molar-refractivity contribution is -0.122. The predicted octanol–water partition coefficient (Wildman–Crippen LogP) is 5.61. The Kier molecular flexibility index (Phi) is 7.37. The Morgan fingerprint density at radius 2 is 1.67 bits per heavy atom. The van der Waals surface area contributed by atoms with E-state index in [4.69, 9.17) is 15.8 Å². The van der Waals surface area contributed by atoms with Crippen LogP contribution in [0.25, 0.3) is 6.08 Å². The van der Waals surface area contributed by atoms with Gasteiger partial charge < -0.3 is 4.18 Å². The lowest BCUT2D eigenvalue weighted by atomic mass is 10.1. The van der Waals surface area contributed by atoms with E-state index in [0.717, 1.165) is 16.5 Å². The summed E-state index contributed by atoms with van der Waals surface area (Å²) in [5.74, 6) is -2.06. The first-order valence-corrected chi connectivity index (χ1v) is 13.5. The molecule has 0 radical (unpaired) electrons. The fourth-order valence-corrected chi connectivity index (χ4v) is 5.94. The number of imide groups is 2. The summed E-state index contributed by atoms with van der Waals surface area (Å²) in [5, 5.41) is 2.22. The molecule has 3 aromatic carbocycles. The number of benzene rings is 3. The van der Waals surface area contributed by atoms with Crippen molar-refractivity contribution in [2.24, 2.45) is 0 Å². The number of hydrogen-bond acceptors (Lipinski definition) is 6. The normalized spacial score (nSPS) is 15.3. The maximum absolute atomic E-state index is 13.3. The van der Waals surface area contributed by atoms with E-state index in [1.165, 1.54) is 30.3 Å². The quantitative estimate of drug-likeness (QED) is 0.218. The third-order valence-electron chi connectivity index (χ3n) is 5.03. The molecule has 8 nitrogen and oxygen atoms in total. The molecule has 1 aliphatic rings. The van der Waals surface area contributed by atoms with Crippen LogP contribution in [0.1, 0.15) is 11.1 Å². The topological polar surface area (TPSA) is 110 Å². The number of para-hydroxylation sites is 1. The minimum Gasteiger partial charge on any atom is -0.377 e. The summed E-state index contributed by atoms with van der Waals surface area (Å²) in [6, 6.07) is 14.2. The zero-order chi connectivity index (χ0) is 26.2. The smallest absolute Gasteiger partial charge is 0.339 e. The molecule has 0 saturated carbocycles. The highest BCUT2D eigenvalue weighted by Crippen LogP contribution is 2.37. The van der Waals surface area contributed by atoms with Gasteiger partial charge in [-0.1, -0.05) is 57.4 Å². The number of nitrogens with one attached hydrogen (secondary N) is 1. The van der Waals surface area contributed by atoms with Crippen LogP contribution in [0.3, 0.4) is 0 Å². The van der Waals surface area contributed by atoms with E-state index in [0.29, 0.717) is 4.47 Å². The largest absolute Gasteiger partial charge is 0.377 e. The molecule has 1 fully saturated rings. The SMILES string of the molecule is Cc1ccc(S(=O)(=O)Oc2c(Br)cc(Br)cc2/C=C2\C(=O)NC(=O)N(c3ccccc3Cl)C2=O)cc1. The number of rotatable bonds is 5. The molecule has 4 amide bonds. The Morgan fingerprint density at radius 3 is 2.33 bits per heavy atom. The second kappa shape index (κ2) is 10.2. The molecule has 0 unspecified atom stereocenters. The van der Waals surface area contributed by atoms with E-state index in [1.54, 1.807) is 30.3 Å². The van der Waals surface area contributed by atoms with Crippen LogP contribution in [0.5, 0.6) is 5.75 Å². The Morgan fingerprint density at radius 1 is 1.00 bits per heavy atom. The predicted molar refractivity (Wildman–Crippen MR) is 141 cm³/mol. The van der Waals surface area contributed by atoms with Crippen LogP contribution in [0.4, 0.5) is 10.5 Å². The van der Waals surface area contributed by atoms with Gasteiger partial charge in [0.15, 0.2) is 5.75 Å². The number of barbiturate groups is 1. The molecule has 0 bridgehead atoms. The molecule has 184 valence electrons. The van der Waals surface area contributed by atoms with Crippen LogP contribution >= 0.6 is 43.5 Å². The average molecular weight is 655 g/mol. The van der Waals surface area contributed by atoms with E-state index in [1.807, 2.05) is 6.92 Å². The monoisotopic (exact) mass is 652 g/mol. The van der Waals surface area contributed by atoms with E-state index in [2.05, 4.69) is 37.2 Å². The number of urea groups is 1. The summed E-state index contributed by atoms with van der Waals surface area (Å²) in [6.07, 6.45) is 1.14. The maximum Gasteiger partial charge on any atom is 0.339 e. The van der Waals surface area contributed by atoms with Crippen LogP contribution < -0.4 is 14.4 Å². The molecule has 0 atom stereocenters. The van der Waals surface area contributed by atoms with Crippen LogP contribution in [0, 0.1) is 6.92 Å². The van der Waals surface area contributed by atoms with Crippen molar-refractivity contribution in [3.05, 3.63) is 91.3 Å². The first-order chi connectivity index (χ1) is 17.0. The van der Waals surface area contributed by atoms with Crippen molar-refractivity contribution < 1.29 is 27.0 Å². The highest BCUT2D eigenvalue weighted by atomic mass is 79.9. The number of aryl methyl sites for hydroxylation is 1. The molecule has 1 heterocycles. The molecule has 1 aliphatic heterocycles. The summed E-state index contributed by atoms with van der Waals surface area (Å²) < 4.78 is 32.1. The second-order valence-corrected chi connectivity index (χ2v) is 11.3. The molecule has 0 aliphatic carbocycles.